The van der Waals surface area contributed by atoms with Crippen LogP contribution in [0.5, 0.6) is 0 Å². The SMILES string of the molecule is NCC#Cc1ccccc1CSc1ncn[nH]1. The van der Waals surface area contributed by atoms with Gasteiger partial charge >= 0.3 is 0 Å². The summed E-state index contributed by atoms with van der Waals surface area (Å²) in [7, 11) is 0. The number of hydrogen-bond acceptors (Lipinski definition) is 4. The van der Waals surface area contributed by atoms with E-state index >= 15 is 0 Å². The van der Waals surface area contributed by atoms with Crippen LogP contribution in [0.15, 0.2) is 35.7 Å². The molecule has 0 aliphatic heterocycles. The summed E-state index contributed by atoms with van der Waals surface area (Å²) in [6.45, 7) is 0.379. The van der Waals surface area contributed by atoms with E-state index in [1.165, 1.54) is 11.9 Å². The van der Waals surface area contributed by atoms with Crippen LogP contribution >= 0.6 is 11.8 Å². The first-order valence-corrected chi connectivity index (χ1v) is 6.13. The summed E-state index contributed by atoms with van der Waals surface area (Å²) in [5, 5.41) is 7.43. The molecule has 0 saturated heterocycles. The number of nitrogens with zero attached hydrogens (tertiary/aromatic N) is 2. The molecule has 0 amide bonds. The fraction of sp³-hybridized carbons (Fsp3) is 0.167. The number of rotatable bonds is 3. The molecule has 0 atom stereocenters. The van der Waals surface area contributed by atoms with Crippen molar-refractivity contribution in [2.45, 2.75) is 10.9 Å². The highest BCUT2D eigenvalue weighted by molar-refractivity contribution is 7.98. The summed E-state index contributed by atoms with van der Waals surface area (Å²) < 4.78 is 0. The zero-order valence-corrected chi connectivity index (χ0v) is 10.00. The lowest BCUT2D eigenvalue weighted by molar-refractivity contribution is 0.973. The molecule has 17 heavy (non-hydrogen) atoms. The molecular formula is C12H12N4S. The molecule has 86 valence electrons. The maximum Gasteiger partial charge on any atom is 0.183 e. The van der Waals surface area contributed by atoms with Crippen molar-refractivity contribution in [1.29, 1.82) is 0 Å². The summed E-state index contributed by atoms with van der Waals surface area (Å²) in [6.07, 6.45) is 1.50. The van der Waals surface area contributed by atoms with E-state index in [0.29, 0.717) is 6.54 Å². The minimum Gasteiger partial charge on any atom is -0.320 e. The number of H-pyrrole nitrogens is 1. The van der Waals surface area contributed by atoms with Gasteiger partial charge in [0.15, 0.2) is 5.16 Å². The first kappa shape index (κ1) is 11.7. The smallest absolute Gasteiger partial charge is 0.183 e. The lowest BCUT2D eigenvalue weighted by atomic mass is 10.1. The molecule has 0 aliphatic rings. The fourth-order valence-corrected chi connectivity index (χ4v) is 2.11. The second-order valence-electron chi connectivity index (χ2n) is 3.24. The van der Waals surface area contributed by atoms with E-state index in [-0.39, 0.29) is 0 Å². The van der Waals surface area contributed by atoms with Crippen molar-refractivity contribution in [3.05, 3.63) is 41.7 Å². The van der Waals surface area contributed by atoms with E-state index in [2.05, 4.69) is 33.1 Å². The minimum absolute atomic E-state index is 0.379. The van der Waals surface area contributed by atoms with Gasteiger partial charge in [-0.1, -0.05) is 41.8 Å². The van der Waals surface area contributed by atoms with Crippen LogP contribution in [0.25, 0.3) is 0 Å². The molecule has 0 aliphatic carbocycles. The number of nitrogens with one attached hydrogen (secondary N) is 1. The number of nitrogens with two attached hydrogens (primary N) is 1. The summed E-state index contributed by atoms with van der Waals surface area (Å²) in [6, 6.07) is 8.04. The number of thioether (sulfide) groups is 1. The number of hydrogen-bond donors (Lipinski definition) is 2. The van der Waals surface area contributed by atoms with Gasteiger partial charge in [-0.25, -0.2) is 4.98 Å². The zero-order chi connectivity index (χ0) is 11.9. The van der Waals surface area contributed by atoms with E-state index in [4.69, 9.17) is 5.73 Å². The first-order chi connectivity index (χ1) is 8.40. The predicted octanol–water partition coefficient (Wildman–Crippen LogP) is 1.41. The number of aromatic amines is 1. The second kappa shape index (κ2) is 6.09. The standard InChI is InChI=1S/C12H12N4S/c13-7-3-6-10-4-1-2-5-11(10)8-17-12-14-9-15-16-12/h1-2,4-5,9H,7-8,13H2,(H,14,15,16). The van der Waals surface area contributed by atoms with Crippen LogP contribution in [0.4, 0.5) is 0 Å². The highest BCUT2D eigenvalue weighted by atomic mass is 32.2. The van der Waals surface area contributed by atoms with Gasteiger partial charge in [-0.3, -0.25) is 5.10 Å². The van der Waals surface area contributed by atoms with Crippen LogP contribution in [0.3, 0.4) is 0 Å². The predicted molar refractivity (Wildman–Crippen MR) is 68.3 cm³/mol. The Balaban J connectivity index is 2.09. The molecular weight excluding hydrogens is 232 g/mol. The van der Waals surface area contributed by atoms with Gasteiger partial charge in [-0.2, -0.15) is 5.10 Å². The maximum absolute atomic E-state index is 5.38. The van der Waals surface area contributed by atoms with Crippen molar-refractivity contribution in [3.8, 4) is 11.8 Å². The molecule has 0 spiro atoms. The normalized spacial score (nSPS) is 9.71. The Morgan fingerprint density at radius 1 is 1.35 bits per heavy atom. The van der Waals surface area contributed by atoms with Crippen LogP contribution in [0.1, 0.15) is 11.1 Å². The molecule has 1 aromatic carbocycles. The number of benzene rings is 1. The van der Waals surface area contributed by atoms with Gasteiger partial charge < -0.3 is 5.73 Å². The van der Waals surface area contributed by atoms with Crippen LogP contribution in [-0.4, -0.2) is 21.7 Å². The molecule has 0 bridgehead atoms. The Labute approximate surface area is 104 Å². The van der Waals surface area contributed by atoms with Crippen LogP contribution in [0, 0.1) is 11.8 Å². The Kier molecular flexibility index (Phi) is 4.19. The third-order valence-corrected chi connectivity index (χ3v) is 3.03. The Morgan fingerprint density at radius 3 is 3.00 bits per heavy atom. The molecule has 0 saturated carbocycles. The average Bonchev–Trinajstić information content (AvgIpc) is 2.88. The van der Waals surface area contributed by atoms with E-state index in [1.807, 2.05) is 18.2 Å². The third kappa shape index (κ3) is 3.34. The molecule has 0 radical (unpaired) electrons. The van der Waals surface area contributed by atoms with Gasteiger partial charge in [0, 0.05) is 11.3 Å². The third-order valence-electron chi connectivity index (χ3n) is 2.10. The van der Waals surface area contributed by atoms with Gasteiger partial charge in [0.2, 0.25) is 0 Å². The molecule has 2 rings (SSSR count). The summed E-state index contributed by atoms with van der Waals surface area (Å²) in [5.74, 6) is 6.75. The Morgan fingerprint density at radius 2 is 2.24 bits per heavy atom. The van der Waals surface area contributed by atoms with Crippen molar-refractivity contribution in [3.63, 3.8) is 0 Å². The van der Waals surface area contributed by atoms with E-state index < -0.39 is 0 Å². The van der Waals surface area contributed by atoms with E-state index in [0.717, 1.165) is 16.5 Å². The number of aromatic nitrogens is 3. The zero-order valence-electron chi connectivity index (χ0n) is 9.18. The molecule has 1 heterocycles. The molecule has 2 aromatic rings. The van der Waals surface area contributed by atoms with Crippen LogP contribution in [-0.2, 0) is 5.75 Å². The molecule has 1 aromatic heterocycles. The Bertz CT molecular complexity index is 525. The minimum atomic E-state index is 0.379. The van der Waals surface area contributed by atoms with E-state index in [1.54, 1.807) is 11.8 Å². The van der Waals surface area contributed by atoms with Crippen molar-refractivity contribution in [2.75, 3.05) is 6.54 Å². The first-order valence-electron chi connectivity index (χ1n) is 5.15. The molecule has 0 unspecified atom stereocenters. The average molecular weight is 244 g/mol. The van der Waals surface area contributed by atoms with Crippen LogP contribution in [0.2, 0.25) is 0 Å². The molecule has 4 nitrogen and oxygen atoms in total. The van der Waals surface area contributed by atoms with Crippen molar-refractivity contribution in [1.82, 2.24) is 15.2 Å². The maximum atomic E-state index is 5.38. The lowest BCUT2D eigenvalue weighted by Crippen LogP contribution is -1.94. The molecule has 5 heteroatoms. The summed E-state index contributed by atoms with van der Waals surface area (Å²) in [4.78, 5) is 4.06. The van der Waals surface area contributed by atoms with Crippen LogP contribution < -0.4 is 5.73 Å². The van der Waals surface area contributed by atoms with Gasteiger partial charge in [-0.05, 0) is 11.6 Å². The largest absolute Gasteiger partial charge is 0.320 e. The van der Waals surface area contributed by atoms with Crippen molar-refractivity contribution >= 4 is 11.8 Å². The highest BCUT2D eigenvalue weighted by Gasteiger charge is 2.02. The quantitative estimate of drug-likeness (QED) is 0.632. The Hall–Kier alpha value is -1.77. The monoisotopic (exact) mass is 244 g/mol. The van der Waals surface area contributed by atoms with Gasteiger partial charge in [0.25, 0.3) is 0 Å². The lowest BCUT2D eigenvalue weighted by Gasteiger charge is -2.02. The molecule has 0 fully saturated rings. The van der Waals surface area contributed by atoms with Gasteiger partial charge in [0.1, 0.15) is 6.33 Å². The van der Waals surface area contributed by atoms with E-state index in [9.17, 15) is 0 Å². The summed E-state index contributed by atoms with van der Waals surface area (Å²) in [5.41, 5.74) is 7.57. The molecule has 3 N–H and O–H groups in total. The highest BCUT2D eigenvalue weighted by Crippen LogP contribution is 2.20. The topological polar surface area (TPSA) is 67.6 Å². The van der Waals surface area contributed by atoms with Crippen molar-refractivity contribution in [2.24, 2.45) is 5.73 Å². The summed E-state index contributed by atoms with van der Waals surface area (Å²) >= 11 is 1.60. The second-order valence-corrected chi connectivity index (χ2v) is 4.21. The van der Waals surface area contributed by atoms with Gasteiger partial charge in [-0.15, -0.1) is 0 Å². The fourth-order valence-electron chi connectivity index (χ4n) is 1.32. The van der Waals surface area contributed by atoms with Crippen molar-refractivity contribution < 1.29 is 0 Å². The van der Waals surface area contributed by atoms with Gasteiger partial charge in [0.05, 0.1) is 6.54 Å².